The van der Waals surface area contributed by atoms with Crippen molar-refractivity contribution in [1.29, 1.82) is 0 Å². The van der Waals surface area contributed by atoms with E-state index in [4.69, 9.17) is 0 Å². The van der Waals surface area contributed by atoms with E-state index >= 15 is 0 Å². The van der Waals surface area contributed by atoms with Gasteiger partial charge in [0, 0.05) is 0 Å². The van der Waals surface area contributed by atoms with Crippen molar-refractivity contribution < 1.29 is 19.4 Å². The van der Waals surface area contributed by atoms with Crippen LogP contribution in [0, 0.1) is 0 Å². The Balaban J connectivity index is 2.68. The summed E-state index contributed by atoms with van der Waals surface area (Å²) in [7, 11) is 1.24. The second-order valence-electron chi connectivity index (χ2n) is 4.28. The summed E-state index contributed by atoms with van der Waals surface area (Å²) >= 11 is 0. The molecule has 0 saturated carbocycles. The van der Waals surface area contributed by atoms with Gasteiger partial charge in [-0.15, -0.1) is 5.10 Å². The van der Waals surface area contributed by atoms with Crippen LogP contribution in [0.25, 0.3) is 0 Å². The van der Waals surface area contributed by atoms with Crippen molar-refractivity contribution in [2.75, 3.05) is 7.11 Å². The van der Waals surface area contributed by atoms with Crippen LogP contribution in [0.3, 0.4) is 0 Å². The van der Waals surface area contributed by atoms with Crippen molar-refractivity contribution in [3.8, 4) is 0 Å². The zero-order valence-electron chi connectivity index (χ0n) is 11.2. The number of carboxylic acids is 1. The quantitative estimate of drug-likeness (QED) is 0.569. The summed E-state index contributed by atoms with van der Waals surface area (Å²) in [5, 5.41) is 16.5. The first kappa shape index (κ1) is 15.1. The summed E-state index contributed by atoms with van der Waals surface area (Å²) in [6.07, 6.45) is 5.74. The van der Waals surface area contributed by atoms with Crippen LogP contribution in [-0.2, 0) is 9.53 Å². The smallest absolute Gasteiger partial charge is 0.360 e. The summed E-state index contributed by atoms with van der Waals surface area (Å²) in [5.41, 5.74) is 0.0160. The van der Waals surface area contributed by atoms with Gasteiger partial charge in [0.05, 0.1) is 13.3 Å². The lowest BCUT2D eigenvalue weighted by Crippen LogP contribution is -2.19. The molecule has 0 spiro atoms. The lowest BCUT2D eigenvalue weighted by molar-refractivity contribution is -0.141. The third kappa shape index (κ3) is 4.35. The maximum absolute atomic E-state index is 11.2. The number of carbonyl (C=O) groups excluding carboxylic acids is 1. The number of carboxylic acid groups (broad SMARTS) is 1. The van der Waals surface area contributed by atoms with E-state index < -0.39 is 18.0 Å². The molecule has 0 amide bonds. The molecule has 0 aliphatic heterocycles. The zero-order chi connectivity index (χ0) is 14.3. The van der Waals surface area contributed by atoms with E-state index in [1.54, 1.807) is 0 Å². The van der Waals surface area contributed by atoms with Gasteiger partial charge in [-0.2, -0.15) is 0 Å². The van der Waals surface area contributed by atoms with Crippen LogP contribution in [0.1, 0.15) is 55.6 Å². The molecule has 19 heavy (non-hydrogen) atoms. The van der Waals surface area contributed by atoms with Gasteiger partial charge in [0.15, 0.2) is 11.7 Å². The fraction of sp³-hybridized carbons (Fsp3) is 0.667. The summed E-state index contributed by atoms with van der Waals surface area (Å²) < 4.78 is 5.71. The Morgan fingerprint density at radius 1 is 1.42 bits per heavy atom. The van der Waals surface area contributed by atoms with Gasteiger partial charge in [-0.1, -0.05) is 37.8 Å². The molecule has 1 heterocycles. The molecule has 0 radical (unpaired) electrons. The van der Waals surface area contributed by atoms with Crippen molar-refractivity contribution in [3.63, 3.8) is 0 Å². The maximum Gasteiger partial charge on any atom is 0.360 e. The number of aliphatic carboxylic acids is 1. The van der Waals surface area contributed by atoms with E-state index in [9.17, 15) is 14.7 Å². The number of carbonyl (C=O) groups is 2. The molecular weight excluding hydrogens is 250 g/mol. The first-order chi connectivity index (χ1) is 9.10. The molecule has 7 heteroatoms. The Labute approximate surface area is 111 Å². The first-order valence-electron chi connectivity index (χ1n) is 6.33. The summed E-state index contributed by atoms with van der Waals surface area (Å²) in [4.78, 5) is 22.4. The summed E-state index contributed by atoms with van der Waals surface area (Å²) in [6.45, 7) is 2.09. The average Bonchev–Trinajstić information content (AvgIpc) is 2.86. The standard InChI is InChI=1S/C12H19N3O4/c1-3-4-5-6-7-10(11(16)17)15-8-9(13-14-15)12(18)19-2/h8,10H,3-7H2,1-2H3,(H,16,17). The number of hydrogen-bond acceptors (Lipinski definition) is 5. The fourth-order valence-corrected chi connectivity index (χ4v) is 1.76. The lowest BCUT2D eigenvalue weighted by atomic mass is 10.1. The largest absolute Gasteiger partial charge is 0.480 e. The molecular formula is C12H19N3O4. The predicted octanol–water partition coefficient (Wildman–Crippen LogP) is 1.66. The van der Waals surface area contributed by atoms with Gasteiger partial charge >= 0.3 is 11.9 Å². The molecule has 1 atom stereocenters. The molecule has 0 aliphatic rings. The topological polar surface area (TPSA) is 94.3 Å². The zero-order valence-corrected chi connectivity index (χ0v) is 11.2. The second-order valence-corrected chi connectivity index (χ2v) is 4.28. The number of esters is 1. The molecule has 7 nitrogen and oxygen atoms in total. The van der Waals surface area contributed by atoms with Gasteiger partial charge in [0.25, 0.3) is 0 Å². The number of hydrogen-bond donors (Lipinski definition) is 1. The van der Waals surface area contributed by atoms with Crippen molar-refractivity contribution in [3.05, 3.63) is 11.9 Å². The molecule has 0 fully saturated rings. The average molecular weight is 269 g/mol. The second kappa shape index (κ2) is 7.50. The van der Waals surface area contributed by atoms with E-state index in [1.165, 1.54) is 18.0 Å². The van der Waals surface area contributed by atoms with Crippen LogP contribution in [0.15, 0.2) is 6.20 Å². The molecule has 1 aromatic heterocycles. The Morgan fingerprint density at radius 3 is 2.74 bits per heavy atom. The molecule has 0 bridgehead atoms. The molecule has 0 saturated heterocycles. The van der Waals surface area contributed by atoms with E-state index in [2.05, 4.69) is 22.0 Å². The van der Waals surface area contributed by atoms with Crippen LogP contribution in [0.5, 0.6) is 0 Å². The number of ether oxygens (including phenoxy) is 1. The molecule has 0 aliphatic carbocycles. The monoisotopic (exact) mass is 269 g/mol. The third-order valence-electron chi connectivity index (χ3n) is 2.84. The van der Waals surface area contributed by atoms with Crippen LogP contribution < -0.4 is 0 Å². The molecule has 1 unspecified atom stereocenters. The van der Waals surface area contributed by atoms with Gasteiger partial charge in [-0.25, -0.2) is 14.3 Å². The SMILES string of the molecule is CCCCCCC(C(=O)O)n1cc(C(=O)OC)nn1. The van der Waals surface area contributed by atoms with E-state index in [0.717, 1.165) is 25.7 Å². The molecule has 106 valence electrons. The van der Waals surface area contributed by atoms with E-state index in [1.807, 2.05) is 0 Å². The van der Waals surface area contributed by atoms with Crippen LogP contribution >= 0.6 is 0 Å². The highest BCUT2D eigenvalue weighted by Gasteiger charge is 2.22. The number of nitrogens with zero attached hydrogens (tertiary/aromatic N) is 3. The third-order valence-corrected chi connectivity index (χ3v) is 2.84. The van der Waals surface area contributed by atoms with Crippen molar-refractivity contribution >= 4 is 11.9 Å². The minimum absolute atomic E-state index is 0.0160. The molecule has 1 N–H and O–H groups in total. The fourth-order valence-electron chi connectivity index (χ4n) is 1.76. The van der Waals surface area contributed by atoms with Gasteiger partial charge < -0.3 is 9.84 Å². The van der Waals surface area contributed by atoms with E-state index in [-0.39, 0.29) is 5.69 Å². The predicted molar refractivity (Wildman–Crippen MR) is 66.8 cm³/mol. The van der Waals surface area contributed by atoms with Crippen molar-refractivity contribution in [2.45, 2.75) is 45.1 Å². The van der Waals surface area contributed by atoms with Crippen LogP contribution in [0.2, 0.25) is 0 Å². The molecule has 0 aromatic carbocycles. The molecule has 1 rings (SSSR count). The Kier molecular flexibility index (Phi) is 5.98. The number of methoxy groups -OCH3 is 1. The molecule has 1 aromatic rings. The summed E-state index contributed by atoms with van der Waals surface area (Å²) in [5.74, 6) is -1.60. The maximum atomic E-state index is 11.2. The number of rotatable bonds is 8. The van der Waals surface area contributed by atoms with Gasteiger partial charge in [0.1, 0.15) is 0 Å². The van der Waals surface area contributed by atoms with E-state index in [0.29, 0.717) is 6.42 Å². The van der Waals surface area contributed by atoms with Gasteiger partial charge in [-0.3, -0.25) is 0 Å². The number of unbranched alkanes of at least 4 members (excludes halogenated alkanes) is 3. The Hall–Kier alpha value is -1.92. The highest BCUT2D eigenvalue weighted by atomic mass is 16.5. The highest BCUT2D eigenvalue weighted by Crippen LogP contribution is 2.16. The Bertz CT molecular complexity index is 430. The Morgan fingerprint density at radius 2 is 2.16 bits per heavy atom. The van der Waals surface area contributed by atoms with Gasteiger partial charge in [-0.05, 0) is 6.42 Å². The lowest BCUT2D eigenvalue weighted by Gasteiger charge is -2.11. The highest BCUT2D eigenvalue weighted by molar-refractivity contribution is 5.86. The first-order valence-corrected chi connectivity index (χ1v) is 6.33. The minimum atomic E-state index is -0.974. The number of aromatic nitrogens is 3. The minimum Gasteiger partial charge on any atom is -0.480 e. The van der Waals surface area contributed by atoms with Crippen LogP contribution in [0.4, 0.5) is 0 Å². The normalized spacial score (nSPS) is 12.1. The van der Waals surface area contributed by atoms with Crippen LogP contribution in [-0.4, -0.2) is 39.1 Å². The van der Waals surface area contributed by atoms with Crippen molar-refractivity contribution in [2.24, 2.45) is 0 Å². The van der Waals surface area contributed by atoms with Gasteiger partial charge in [0.2, 0.25) is 0 Å². The van der Waals surface area contributed by atoms with Crippen molar-refractivity contribution in [1.82, 2.24) is 15.0 Å². The summed E-state index contributed by atoms with van der Waals surface area (Å²) in [6, 6.07) is -0.789.